The normalized spacial score (nSPS) is 27.4. The van der Waals surface area contributed by atoms with Crippen LogP contribution in [0.25, 0.3) is 0 Å². The van der Waals surface area contributed by atoms with Crippen LogP contribution in [-0.4, -0.2) is 28.4 Å². The van der Waals surface area contributed by atoms with E-state index in [1.54, 1.807) is 23.0 Å². The van der Waals surface area contributed by atoms with Crippen molar-refractivity contribution in [1.82, 2.24) is 9.55 Å². The quantitative estimate of drug-likeness (QED) is 0.476. The molecule has 0 spiro atoms. The smallest absolute Gasteiger partial charge is 0.328 e. The summed E-state index contributed by atoms with van der Waals surface area (Å²) < 4.78 is 11.8. The van der Waals surface area contributed by atoms with Gasteiger partial charge in [-0.3, -0.25) is 14.3 Å². The van der Waals surface area contributed by atoms with E-state index in [0.29, 0.717) is 13.2 Å². The van der Waals surface area contributed by atoms with E-state index in [-0.39, 0.29) is 6.04 Å². The van der Waals surface area contributed by atoms with Crippen molar-refractivity contribution in [3.05, 3.63) is 33.1 Å². The lowest BCUT2D eigenvalue weighted by Gasteiger charge is -2.37. The fourth-order valence-electron chi connectivity index (χ4n) is 2.12. The molecule has 0 radical (unpaired) electrons. The van der Waals surface area contributed by atoms with Crippen molar-refractivity contribution in [1.29, 1.82) is 0 Å². The third-order valence-electron chi connectivity index (χ3n) is 3.28. The molecule has 1 N–H and O–H groups in total. The number of hydrogen-bond donors (Lipinski definition) is 1. The predicted molar refractivity (Wildman–Crippen MR) is 75.0 cm³/mol. The molecule has 2 heterocycles. The number of aromatic amines is 1. The molecule has 8 heteroatoms. The zero-order chi connectivity index (χ0) is 13.9. The average Bonchev–Trinajstić information content (AvgIpc) is 2.38. The SMILES string of the molecule is C[C@@]1(COOI)CCC(n2ccc(=O)[nH]c2=O)CO1. The van der Waals surface area contributed by atoms with E-state index < -0.39 is 16.9 Å². The van der Waals surface area contributed by atoms with Gasteiger partial charge < -0.3 is 4.74 Å². The van der Waals surface area contributed by atoms with Crippen LogP contribution in [0.1, 0.15) is 25.8 Å². The van der Waals surface area contributed by atoms with E-state index in [9.17, 15) is 9.59 Å². The highest BCUT2D eigenvalue weighted by atomic mass is 127. The Morgan fingerprint density at radius 2 is 2.42 bits per heavy atom. The second-order valence-electron chi connectivity index (χ2n) is 4.80. The van der Waals surface area contributed by atoms with Gasteiger partial charge in [-0.1, -0.05) is 0 Å². The second kappa shape index (κ2) is 6.16. The summed E-state index contributed by atoms with van der Waals surface area (Å²) in [7, 11) is 0. The van der Waals surface area contributed by atoms with E-state index in [2.05, 4.69) is 8.20 Å². The van der Waals surface area contributed by atoms with Gasteiger partial charge in [0.25, 0.3) is 5.56 Å². The number of rotatable bonds is 4. The molecule has 19 heavy (non-hydrogen) atoms. The van der Waals surface area contributed by atoms with Crippen LogP contribution < -0.4 is 11.2 Å². The van der Waals surface area contributed by atoms with Crippen LogP contribution in [0, 0.1) is 0 Å². The lowest BCUT2D eigenvalue weighted by molar-refractivity contribution is -0.228. The van der Waals surface area contributed by atoms with E-state index in [0.717, 1.165) is 12.8 Å². The molecule has 2 rings (SSSR count). The molecule has 0 aliphatic carbocycles. The summed E-state index contributed by atoms with van der Waals surface area (Å²) in [5.74, 6) is 0. The maximum absolute atomic E-state index is 11.7. The predicted octanol–water partition coefficient (Wildman–Crippen LogP) is 0.945. The van der Waals surface area contributed by atoms with Crippen molar-refractivity contribution in [3.63, 3.8) is 0 Å². The van der Waals surface area contributed by atoms with Crippen LogP contribution in [-0.2, 0) is 12.8 Å². The number of H-pyrrole nitrogens is 1. The van der Waals surface area contributed by atoms with Gasteiger partial charge in [0, 0.05) is 12.3 Å². The van der Waals surface area contributed by atoms with Crippen LogP contribution in [0.15, 0.2) is 21.9 Å². The summed E-state index contributed by atoms with van der Waals surface area (Å²) in [5, 5.41) is 0. The maximum atomic E-state index is 11.7. The van der Waals surface area contributed by atoms with Gasteiger partial charge >= 0.3 is 5.69 Å². The molecule has 1 saturated heterocycles. The average molecular weight is 382 g/mol. The van der Waals surface area contributed by atoms with Gasteiger partial charge in [-0.25, -0.2) is 9.68 Å². The second-order valence-corrected chi connectivity index (χ2v) is 5.16. The molecule has 106 valence electrons. The number of aromatic nitrogens is 2. The number of ether oxygens (including phenoxy) is 1. The van der Waals surface area contributed by atoms with Gasteiger partial charge in [0.1, 0.15) is 6.61 Å². The van der Waals surface area contributed by atoms with Crippen LogP contribution in [0.4, 0.5) is 0 Å². The summed E-state index contributed by atoms with van der Waals surface area (Å²) >= 11 is 1.65. The third kappa shape index (κ3) is 3.65. The van der Waals surface area contributed by atoms with Gasteiger partial charge in [0.15, 0.2) is 23.0 Å². The zero-order valence-electron chi connectivity index (χ0n) is 10.4. The third-order valence-corrected chi connectivity index (χ3v) is 3.54. The molecule has 2 atom stereocenters. The van der Waals surface area contributed by atoms with Crippen molar-refractivity contribution < 1.29 is 12.8 Å². The van der Waals surface area contributed by atoms with Crippen LogP contribution in [0.5, 0.6) is 0 Å². The molecular formula is C11H15IN2O5. The molecule has 1 aromatic rings. The highest BCUT2D eigenvalue weighted by Gasteiger charge is 2.33. The molecule has 1 unspecified atom stereocenters. The highest BCUT2D eigenvalue weighted by molar-refractivity contribution is 14.1. The minimum Gasteiger partial charge on any atom is -0.371 e. The van der Waals surface area contributed by atoms with E-state index in [1.807, 2.05) is 6.92 Å². The molecular weight excluding hydrogens is 367 g/mol. The molecule has 0 bridgehead atoms. The number of hydrogen-bond acceptors (Lipinski definition) is 5. The Balaban J connectivity index is 2.03. The number of nitrogens with one attached hydrogen (secondary N) is 1. The van der Waals surface area contributed by atoms with E-state index in [4.69, 9.17) is 9.62 Å². The van der Waals surface area contributed by atoms with Gasteiger partial charge in [0.2, 0.25) is 0 Å². The molecule has 7 nitrogen and oxygen atoms in total. The fraction of sp³-hybridized carbons (Fsp3) is 0.636. The zero-order valence-corrected chi connectivity index (χ0v) is 12.6. The minimum absolute atomic E-state index is 0.0713. The molecule has 1 fully saturated rings. The Morgan fingerprint density at radius 3 is 3.00 bits per heavy atom. The van der Waals surface area contributed by atoms with E-state index in [1.165, 1.54) is 16.8 Å². The molecule has 1 aromatic heterocycles. The Hall–Kier alpha value is -0.710. The Morgan fingerprint density at radius 1 is 1.63 bits per heavy atom. The topological polar surface area (TPSA) is 82.5 Å². The maximum Gasteiger partial charge on any atom is 0.328 e. The van der Waals surface area contributed by atoms with E-state index >= 15 is 0 Å². The molecule has 1 aliphatic heterocycles. The fourth-order valence-corrected chi connectivity index (χ4v) is 2.25. The molecule has 1 aliphatic rings. The van der Waals surface area contributed by atoms with Crippen LogP contribution >= 0.6 is 23.0 Å². The largest absolute Gasteiger partial charge is 0.371 e. The van der Waals surface area contributed by atoms with Gasteiger partial charge in [-0.05, 0) is 19.8 Å². The van der Waals surface area contributed by atoms with Crippen molar-refractivity contribution in [2.75, 3.05) is 13.2 Å². The summed E-state index contributed by atoms with van der Waals surface area (Å²) in [4.78, 5) is 29.8. The van der Waals surface area contributed by atoms with Gasteiger partial charge in [-0.2, -0.15) is 3.22 Å². The Labute approximate surface area is 123 Å². The Bertz CT molecular complexity index is 532. The lowest BCUT2D eigenvalue weighted by atomic mass is 9.94. The van der Waals surface area contributed by atoms with Crippen molar-refractivity contribution in [2.24, 2.45) is 0 Å². The first-order chi connectivity index (χ1) is 9.04. The minimum atomic E-state index is -0.409. The number of nitrogens with zero attached hydrogens (tertiary/aromatic N) is 1. The summed E-state index contributed by atoms with van der Waals surface area (Å²) in [5.41, 5.74) is -1.21. The monoisotopic (exact) mass is 382 g/mol. The number of halogens is 1. The first-order valence-corrected chi connectivity index (χ1v) is 6.78. The standard InChI is InChI=1S/C11H15IN2O5/c1-11(7-18-19-12)4-2-8(6-17-11)14-5-3-9(15)13-10(14)16/h3,5,8H,2,4,6-7H2,1H3,(H,13,15,16)/t8?,11-/m0/s1. The molecule has 0 saturated carbocycles. The van der Waals surface area contributed by atoms with Crippen molar-refractivity contribution >= 4 is 23.0 Å². The van der Waals surface area contributed by atoms with Crippen LogP contribution in [0.3, 0.4) is 0 Å². The first kappa shape index (κ1) is 14.7. The molecule has 0 aromatic carbocycles. The summed E-state index contributed by atoms with van der Waals surface area (Å²) in [6.45, 7) is 2.67. The summed E-state index contributed by atoms with van der Waals surface area (Å²) in [6, 6.07) is 1.26. The first-order valence-electron chi connectivity index (χ1n) is 5.90. The summed E-state index contributed by atoms with van der Waals surface area (Å²) in [6.07, 6.45) is 3.01. The van der Waals surface area contributed by atoms with Crippen molar-refractivity contribution in [3.8, 4) is 0 Å². The van der Waals surface area contributed by atoms with Gasteiger partial charge in [0.05, 0.1) is 18.2 Å². The highest BCUT2D eigenvalue weighted by Crippen LogP contribution is 2.30. The van der Waals surface area contributed by atoms with Gasteiger partial charge in [-0.15, -0.1) is 0 Å². The lowest BCUT2D eigenvalue weighted by Crippen LogP contribution is -2.43. The Kier molecular flexibility index (Phi) is 4.76. The molecule has 0 amide bonds. The van der Waals surface area contributed by atoms with Crippen molar-refractivity contribution in [2.45, 2.75) is 31.4 Å². The van der Waals surface area contributed by atoms with Crippen LogP contribution in [0.2, 0.25) is 0 Å².